The Labute approximate surface area is 279 Å². The van der Waals surface area contributed by atoms with Crippen molar-refractivity contribution in [3.63, 3.8) is 0 Å². The number of Topliss-reactive ketones (excluding diaryl/α,β-unsaturated/α-hetero) is 1. The number of nitrogens with one attached hydrogen (secondary N) is 2. The molecule has 2 aliphatic heterocycles. The highest BCUT2D eigenvalue weighted by Crippen LogP contribution is 2.39. The summed E-state index contributed by atoms with van der Waals surface area (Å²) < 4.78 is 11.3. The van der Waals surface area contributed by atoms with Crippen LogP contribution in [0.25, 0.3) is 10.8 Å². The largest absolute Gasteiger partial charge is 0.485 e. The molecular formula is C36H41N5O7. The molecule has 0 aromatic heterocycles. The number of amides is 4. The molecule has 48 heavy (non-hydrogen) atoms. The van der Waals surface area contributed by atoms with Crippen LogP contribution in [0.5, 0.6) is 5.75 Å². The molecule has 252 valence electrons. The summed E-state index contributed by atoms with van der Waals surface area (Å²) in [5.41, 5.74) is 2.51. The van der Waals surface area contributed by atoms with E-state index in [0.29, 0.717) is 47.6 Å². The molecule has 4 amide bonds. The molecule has 12 nitrogen and oxygen atoms in total. The smallest absolute Gasteiger partial charge is 0.407 e. The Morgan fingerprint density at radius 1 is 0.979 bits per heavy atom. The molecule has 1 fully saturated rings. The number of alkyl carbamates (subject to hydrolysis) is 1. The first kappa shape index (κ1) is 34.2. The van der Waals surface area contributed by atoms with Crippen molar-refractivity contribution in [3.8, 4) is 5.75 Å². The molecule has 1 unspecified atom stereocenters. The summed E-state index contributed by atoms with van der Waals surface area (Å²) in [7, 11) is 0. The number of nitrogens with zero attached hydrogens (tertiary/aromatic N) is 3. The predicted molar refractivity (Wildman–Crippen MR) is 179 cm³/mol. The number of imide groups is 1. The van der Waals surface area contributed by atoms with Crippen molar-refractivity contribution >= 4 is 51.7 Å². The Hall–Kier alpha value is -5.13. The van der Waals surface area contributed by atoms with Gasteiger partial charge in [-0.15, -0.1) is 5.11 Å². The molecule has 3 aromatic carbocycles. The Balaban J connectivity index is 1.21. The van der Waals surface area contributed by atoms with E-state index in [0.717, 1.165) is 29.2 Å². The molecule has 0 saturated carbocycles. The minimum atomic E-state index is -0.716. The number of unbranched alkanes of at least 4 members (excludes halogenated alkanes) is 2. The highest BCUT2D eigenvalue weighted by molar-refractivity contribution is 6.06. The fraction of sp³-hybridized carbons (Fsp3) is 0.417. The first-order valence-corrected chi connectivity index (χ1v) is 16.2. The zero-order valence-electron chi connectivity index (χ0n) is 27.8. The molecule has 0 aliphatic carbocycles. The number of fused-ring (bicyclic) bond motifs is 2. The van der Waals surface area contributed by atoms with Gasteiger partial charge in [-0.25, -0.2) is 4.79 Å². The van der Waals surface area contributed by atoms with Crippen LogP contribution in [0.1, 0.15) is 80.8 Å². The maximum atomic E-state index is 13.2. The number of carbonyl (C=O) groups excluding carboxylic acids is 5. The van der Waals surface area contributed by atoms with Gasteiger partial charge in [0, 0.05) is 47.8 Å². The normalized spacial score (nSPS) is 16.3. The molecule has 12 heteroatoms. The molecule has 1 saturated heterocycles. The van der Waals surface area contributed by atoms with E-state index < -0.39 is 23.6 Å². The third kappa shape index (κ3) is 8.23. The van der Waals surface area contributed by atoms with Gasteiger partial charge >= 0.3 is 6.09 Å². The lowest BCUT2D eigenvalue weighted by Gasteiger charge is -2.29. The number of carbonyl (C=O) groups is 5. The second kappa shape index (κ2) is 14.7. The molecule has 0 radical (unpaired) electrons. The van der Waals surface area contributed by atoms with Gasteiger partial charge in [-0.2, -0.15) is 5.11 Å². The number of aryl methyl sites for hydroxylation is 1. The number of hydrogen-bond acceptors (Lipinski definition) is 9. The van der Waals surface area contributed by atoms with Gasteiger partial charge in [0.1, 0.15) is 24.0 Å². The summed E-state index contributed by atoms with van der Waals surface area (Å²) in [6.45, 7) is 7.95. The monoisotopic (exact) mass is 655 g/mol. The molecule has 0 spiro atoms. The zero-order chi connectivity index (χ0) is 34.4. The van der Waals surface area contributed by atoms with Crippen molar-refractivity contribution in [3.05, 3.63) is 65.2 Å². The van der Waals surface area contributed by atoms with E-state index in [1.807, 2.05) is 58.0 Å². The Kier molecular flexibility index (Phi) is 10.5. The zero-order valence-corrected chi connectivity index (χ0v) is 27.8. The van der Waals surface area contributed by atoms with Crippen LogP contribution in [0.4, 0.5) is 16.2 Å². The Bertz CT molecular complexity index is 1780. The molecule has 5 rings (SSSR count). The van der Waals surface area contributed by atoms with E-state index in [4.69, 9.17) is 9.47 Å². The number of hydrogen-bond donors (Lipinski definition) is 2. The SMILES string of the molecule is Cc1cc(N=Nc2cccc3c2CN(C2CCC(=O)NC2=O)C3=O)c2ccccc2c1OCC(=O)CCCCCNC(=O)OC(C)(C)C. The van der Waals surface area contributed by atoms with E-state index in [-0.39, 0.29) is 43.6 Å². The van der Waals surface area contributed by atoms with Gasteiger partial charge in [-0.05, 0) is 70.7 Å². The fourth-order valence-electron chi connectivity index (χ4n) is 5.86. The first-order chi connectivity index (χ1) is 22.9. The minimum absolute atomic E-state index is 0.0128. The van der Waals surface area contributed by atoms with Gasteiger partial charge in [0.15, 0.2) is 5.78 Å². The highest BCUT2D eigenvalue weighted by Gasteiger charge is 2.40. The van der Waals surface area contributed by atoms with Gasteiger partial charge in [-0.1, -0.05) is 36.8 Å². The lowest BCUT2D eigenvalue weighted by Crippen LogP contribution is -2.52. The van der Waals surface area contributed by atoms with Crippen molar-refractivity contribution in [1.82, 2.24) is 15.5 Å². The predicted octanol–water partition coefficient (Wildman–Crippen LogP) is 6.36. The van der Waals surface area contributed by atoms with Crippen LogP contribution in [0.2, 0.25) is 0 Å². The van der Waals surface area contributed by atoms with Crippen molar-refractivity contribution in [1.29, 1.82) is 0 Å². The van der Waals surface area contributed by atoms with Crippen molar-refractivity contribution < 1.29 is 33.4 Å². The quantitative estimate of drug-likeness (QED) is 0.131. The number of ether oxygens (including phenoxy) is 2. The van der Waals surface area contributed by atoms with E-state index in [2.05, 4.69) is 20.9 Å². The van der Waals surface area contributed by atoms with Crippen LogP contribution in [0, 0.1) is 6.92 Å². The molecule has 2 N–H and O–H groups in total. The summed E-state index contributed by atoms with van der Waals surface area (Å²) in [6.07, 6.45) is 2.62. The van der Waals surface area contributed by atoms with Gasteiger partial charge in [-0.3, -0.25) is 24.5 Å². The van der Waals surface area contributed by atoms with Crippen LogP contribution in [0.15, 0.2) is 58.8 Å². The lowest BCUT2D eigenvalue weighted by atomic mass is 10.0. The number of benzene rings is 3. The van der Waals surface area contributed by atoms with E-state index in [1.165, 1.54) is 4.90 Å². The second-order valence-electron chi connectivity index (χ2n) is 13.1. The third-order valence-electron chi connectivity index (χ3n) is 8.16. The number of azo groups is 1. The number of rotatable bonds is 12. The molecule has 3 aromatic rings. The summed E-state index contributed by atoms with van der Waals surface area (Å²) in [5, 5.41) is 15.7. The third-order valence-corrected chi connectivity index (χ3v) is 8.16. The maximum absolute atomic E-state index is 13.2. The van der Waals surface area contributed by atoms with Crippen LogP contribution < -0.4 is 15.4 Å². The fourth-order valence-corrected chi connectivity index (χ4v) is 5.86. The van der Waals surface area contributed by atoms with Gasteiger partial charge < -0.3 is 19.7 Å². The summed E-state index contributed by atoms with van der Waals surface area (Å²) in [4.78, 5) is 63.2. The standard InChI is InChI=1S/C36H41N5O7/c1-22-19-29(40-39-28-15-10-14-26-27(28)20-41(34(26)45)30-16-17-31(43)38-33(30)44)24-12-7-8-13-25(24)32(22)47-21-23(42)11-6-5-9-18-37-35(46)48-36(2,3)4/h7-8,10,12-15,19,30H,5-6,9,11,16-18,20-21H2,1-4H3,(H,37,46)(H,38,43,44). The van der Waals surface area contributed by atoms with Crippen LogP contribution in [-0.2, 0) is 25.7 Å². The topological polar surface area (TPSA) is 156 Å². The molecule has 1 atom stereocenters. The van der Waals surface area contributed by atoms with Gasteiger partial charge in [0.25, 0.3) is 5.91 Å². The van der Waals surface area contributed by atoms with Crippen molar-refractivity contribution in [2.75, 3.05) is 13.2 Å². The lowest BCUT2D eigenvalue weighted by molar-refractivity contribution is -0.137. The van der Waals surface area contributed by atoms with E-state index in [9.17, 15) is 24.0 Å². The highest BCUT2D eigenvalue weighted by atomic mass is 16.6. The molecule has 0 bridgehead atoms. The van der Waals surface area contributed by atoms with Crippen LogP contribution >= 0.6 is 0 Å². The van der Waals surface area contributed by atoms with Gasteiger partial charge in [0.05, 0.1) is 11.4 Å². The minimum Gasteiger partial charge on any atom is -0.485 e. The molecule has 2 aliphatic rings. The van der Waals surface area contributed by atoms with Crippen LogP contribution in [0.3, 0.4) is 0 Å². The van der Waals surface area contributed by atoms with Gasteiger partial charge in [0.2, 0.25) is 11.8 Å². The summed E-state index contributed by atoms with van der Waals surface area (Å²) in [5.74, 6) is -0.485. The van der Waals surface area contributed by atoms with Crippen molar-refractivity contribution in [2.45, 2.75) is 84.4 Å². The van der Waals surface area contributed by atoms with E-state index >= 15 is 0 Å². The number of piperidine rings is 1. The maximum Gasteiger partial charge on any atom is 0.407 e. The average molecular weight is 656 g/mol. The van der Waals surface area contributed by atoms with Crippen LogP contribution in [-0.4, -0.2) is 59.3 Å². The van der Waals surface area contributed by atoms with Crippen molar-refractivity contribution in [2.24, 2.45) is 10.2 Å². The molecule has 2 heterocycles. The second-order valence-corrected chi connectivity index (χ2v) is 13.1. The summed E-state index contributed by atoms with van der Waals surface area (Å²) in [6, 6.07) is 14.0. The summed E-state index contributed by atoms with van der Waals surface area (Å²) >= 11 is 0. The van der Waals surface area contributed by atoms with E-state index in [1.54, 1.807) is 18.2 Å². The Morgan fingerprint density at radius 3 is 2.48 bits per heavy atom. The Morgan fingerprint density at radius 2 is 1.73 bits per heavy atom. The first-order valence-electron chi connectivity index (χ1n) is 16.2. The number of ketones is 1. The average Bonchev–Trinajstić information content (AvgIpc) is 3.36. The molecular weight excluding hydrogens is 614 g/mol.